The normalized spacial score (nSPS) is 10.9. The van der Waals surface area contributed by atoms with Gasteiger partial charge < -0.3 is 10.1 Å². The molecule has 0 aromatic heterocycles. The topological polar surface area (TPSA) is 72.5 Å². The average molecular weight is 353 g/mol. The van der Waals surface area contributed by atoms with Crippen LogP contribution in [-0.2, 0) is 14.9 Å². The van der Waals surface area contributed by atoms with E-state index in [9.17, 15) is 14.4 Å². The van der Waals surface area contributed by atoms with E-state index >= 15 is 0 Å². The highest BCUT2D eigenvalue weighted by molar-refractivity contribution is 5.99. The monoisotopic (exact) mass is 353 g/mol. The molecule has 1 N–H and O–H groups in total. The number of carbonyl (C=O) groups is 3. The zero-order valence-corrected chi connectivity index (χ0v) is 15.5. The first-order chi connectivity index (χ1) is 12.2. The maximum atomic E-state index is 12.2. The van der Waals surface area contributed by atoms with E-state index < -0.39 is 5.97 Å². The van der Waals surface area contributed by atoms with Crippen molar-refractivity contribution < 1.29 is 19.1 Å². The summed E-state index contributed by atoms with van der Waals surface area (Å²) in [6, 6.07) is 13.7. The van der Waals surface area contributed by atoms with E-state index in [-0.39, 0.29) is 29.3 Å². The van der Waals surface area contributed by atoms with Crippen LogP contribution < -0.4 is 5.32 Å². The summed E-state index contributed by atoms with van der Waals surface area (Å²) in [4.78, 5) is 35.4. The van der Waals surface area contributed by atoms with Crippen LogP contribution in [-0.4, -0.2) is 24.3 Å². The van der Waals surface area contributed by atoms with Crippen LogP contribution in [0.15, 0.2) is 48.5 Å². The maximum Gasteiger partial charge on any atom is 0.338 e. The second-order valence-electron chi connectivity index (χ2n) is 7.09. The molecule has 2 rings (SSSR count). The molecule has 0 aliphatic carbocycles. The molecule has 0 fully saturated rings. The van der Waals surface area contributed by atoms with Crippen LogP contribution in [0.2, 0.25) is 0 Å². The van der Waals surface area contributed by atoms with Gasteiger partial charge in [-0.3, -0.25) is 9.59 Å². The predicted octanol–water partition coefficient (Wildman–Crippen LogP) is 3.98. The lowest BCUT2D eigenvalue weighted by Gasteiger charge is -2.18. The third-order valence-electron chi connectivity index (χ3n) is 3.83. The van der Waals surface area contributed by atoms with Crippen LogP contribution in [0.4, 0.5) is 5.69 Å². The van der Waals surface area contributed by atoms with Crippen molar-refractivity contribution in [2.24, 2.45) is 0 Å². The molecule has 2 aromatic carbocycles. The number of hydrogen-bond donors (Lipinski definition) is 1. The minimum atomic E-state index is -0.614. The van der Waals surface area contributed by atoms with Gasteiger partial charge in [-0.1, -0.05) is 51.1 Å². The first-order valence-corrected chi connectivity index (χ1v) is 8.35. The molecule has 26 heavy (non-hydrogen) atoms. The number of nitrogens with one attached hydrogen (secondary N) is 1. The standard InChI is InChI=1S/C21H23NO4/c1-14(23)22-18-7-5-6-16(12-18)20(25)26-13-19(24)15-8-10-17(11-9-15)21(2,3)4/h5-12H,13H2,1-4H3,(H,22,23). The highest BCUT2D eigenvalue weighted by Gasteiger charge is 2.16. The van der Waals surface area contributed by atoms with Crippen molar-refractivity contribution in [2.75, 3.05) is 11.9 Å². The molecule has 0 saturated carbocycles. The van der Waals surface area contributed by atoms with Gasteiger partial charge in [-0.15, -0.1) is 0 Å². The summed E-state index contributed by atoms with van der Waals surface area (Å²) in [6.45, 7) is 7.34. The highest BCUT2D eigenvalue weighted by atomic mass is 16.5. The third-order valence-corrected chi connectivity index (χ3v) is 3.83. The molecule has 0 spiro atoms. The van der Waals surface area contributed by atoms with E-state index in [2.05, 4.69) is 26.1 Å². The Balaban J connectivity index is 1.98. The number of rotatable bonds is 5. The molecule has 2 aromatic rings. The molecule has 0 aliphatic heterocycles. The van der Waals surface area contributed by atoms with Gasteiger partial charge in [0.2, 0.25) is 5.91 Å². The number of carbonyl (C=O) groups excluding carboxylic acids is 3. The second-order valence-corrected chi connectivity index (χ2v) is 7.09. The largest absolute Gasteiger partial charge is 0.454 e. The SMILES string of the molecule is CC(=O)Nc1cccc(C(=O)OCC(=O)c2ccc(C(C)(C)C)cc2)c1. The molecule has 5 nitrogen and oxygen atoms in total. The molecule has 0 unspecified atom stereocenters. The summed E-state index contributed by atoms with van der Waals surface area (Å²) >= 11 is 0. The number of hydrogen-bond acceptors (Lipinski definition) is 4. The van der Waals surface area contributed by atoms with Crippen LogP contribution in [0, 0.1) is 0 Å². The number of Topliss-reactive ketones (excluding diaryl/α,β-unsaturated/α-hetero) is 1. The Kier molecular flexibility index (Phi) is 5.93. The van der Waals surface area contributed by atoms with Gasteiger partial charge in [0.15, 0.2) is 12.4 Å². The van der Waals surface area contributed by atoms with Crippen molar-refractivity contribution in [3.8, 4) is 0 Å². The first-order valence-electron chi connectivity index (χ1n) is 8.35. The number of anilines is 1. The summed E-state index contributed by atoms with van der Waals surface area (Å²) < 4.78 is 5.10. The Morgan fingerprint density at radius 2 is 1.62 bits per heavy atom. The fourth-order valence-electron chi connectivity index (χ4n) is 2.38. The van der Waals surface area contributed by atoms with Gasteiger partial charge in [-0.25, -0.2) is 4.79 Å². The predicted molar refractivity (Wildman–Crippen MR) is 101 cm³/mol. The summed E-state index contributed by atoms with van der Waals surface area (Å²) in [7, 11) is 0. The molecule has 136 valence electrons. The van der Waals surface area contributed by atoms with Gasteiger partial charge in [-0.2, -0.15) is 0 Å². The smallest absolute Gasteiger partial charge is 0.338 e. The third kappa shape index (κ3) is 5.28. The van der Waals surface area contributed by atoms with Crippen molar-refractivity contribution in [3.05, 3.63) is 65.2 Å². The molecule has 5 heteroatoms. The second kappa shape index (κ2) is 7.95. The van der Waals surface area contributed by atoms with Gasteiger partial charge in [-0.05, 0) is 29.2 Å². The van der Waals surface area contributed by atoms with E-state index in [1.54, 1.807) is 30.3 Å². The van der Waals surface area contributed by atoms with E-state index in [0.717, 1.165) is 5.56 Å². The van der Waals surface area contributed by atoms with Crippen molar-refractivity contribution in [3.63, 3.8) is 0 Å². The van der Waals surface area contributed by atoms with Crippen molar-refractivity contribution in [1.29, 1.82) is 0 Å². The molecule has 0 bridgehead atoms. The number of ketones is 1. The van der Waals surface area contributed by atoms with Gasteiger partial charge >= 0.3 is 5.97 Å². The fraction of sp³-hybridized carbons (Fsp3) is 0.286. The molecule has 0 radical (unpaired) electrons. The first kappa shape index (κ1) is 19.4. The molecular weight excluding hydrogens is 330 g/mol. The Hall–Kier alpha value is -2.95. The number of esters is 1. The van der Waals surface area contributed by atoms with Crippen LogP contribution in [0.1, 0.15) is 54.0 Å². The van der Waals surface area contributed by atoms with Crippen molar-refractivity contribution >= 4 is 23.3 Å². The van der Waals surface area contributed by atoms with E-state index in [4.69, 9.17) is 4.74 Å². The van der Waals surface area contributed by atoms with E-state index in [1.807, 2.05) is 12.1 Å². The van der Waals surface area contributed by atoms with E-state index in [1.165, 1.54) is 13.0 Å². The minimum Gasteiger partial charge on any atom is -0.454 e. The average Bonchev–Trinajstić information content (AvgIpc) is 2.58. The lowest BCUT2D eigenvalue weighted by atomic mass is 9.86. The molecule has 0 heterocycles. The summed E-state index contributed by atoms with van der Waals surface area (Å²) in [5, 5.41) is 2.59. The summed E-state index contributed by atoms with van der Waals surface area (Å²) in [6.07, 6.45) is 0. The lowest BCUT2D eigenvalue weighted by Crippen LogP contribution is -2.15. The summed E-state index contributed by atoms with van der Waals surface area (Å²) in [5.74, 6) is -1.11. The molecule has 0 saturated heterocycles. The van der Waals surface area contributed by atoms with Gasteiger partial charge in [0.1, 0.15) is 0 Å². The van der Waals surface area contributed by atoms with Crippen molar-refractivity contribution in [1.82, 2.24) is 0 Å². The van der Waals surface area contributed by atoms with Crippen LogP contribution in [0.3, 0.4) is 0 Å². The van der Waals surface area contributed by atoms with E-state index in [0.29, 0.717) is 11.3 Å². The number of benzene rings is 2. The zero-order valence-electron chi connectivity index (χ0n) is 15.5. The zero-order chi connectivity index (χ0) is 19.3. The Morgan fingerprint density at radius 1 is 0.962 bits per heavy atom. The Morgan fingerprint density at radius 3 is 2.19 bits per heavy atom. The molecule has 1 amide bonds. The van der Waals surface area contributed by atoms with Crippen LogP contribution in [0.5, 0.6) is 0 Å². The van der Waals surface area contributed by atoms with Gasteiger partial charge in [0.25, 0.3) is 0 Å². The molecular formula is C21H23NO4. The quantitative estimate of drug-likeness (QED) is 0.652. The minimum absolute atomic E-state index is 0.00691. The van der Waals surface area contributed by atoms with Gasteiger partial charge in [0.05, 0.1) is 5.56 Å². The lowest BCUT2D eigenvalue weighted by molar-refractivity contribution is -0.114. The fourth-order valence-corrected chi connectivity index (χ4v) is 2.38. The van der Waals surface area contributed by atoms with Crippen molar-refractivity contribution in [2.45, 2.75) is 33.1 Å². The highest BCUT2D eigenvalue weighted by Crippen LogP contribution is 2.22. The molecule has 0 aliphatic rings. The Labute approximate surface area is 153 Å². The number of ether oxygens (including phenoxy) is 1. The molecule has 0 atom stereocenters. The van der Waals surface area contributed by atoms with Crippen LogP contribution >= 0.6 is 0 Å². The number of amides is 1. The Bertz CT molecular complexity index is 817. The summed E-state index contributed by atoms with van der Waals surface area (Å²) in [5.41, 5.74) is 2.40. The van der Waals surface area contributed by atoms with Crippen LogP contribution in [0.25, 0.3) is 0 Å². The van der Waals surface area contributed by atoms with Gasteiger partial charge in [0, 0.05) is 18.2 Å². The maximum absolute atomic E-state index is 12.2.